The summed E-state index contributed by atoms with van der Waals surface area (Å²) in [6.07, 6.45) is 2.55. The van der Waals surface area contributed by atoms with Gasteiger partial charge in [0.2, 0.25) is 5.91 Å². The van der Waals surface area contributed by atoms with E-state index < -0.39 is 15.1 Å². The molecule has 1 aliphatic rings. The highest BCUT2D eigenvalue weighted by molar-refractivity contribution is 8.13. The van der Waals surface area contributed by atoms with E-state index in [9.17, 15) is 13.2 Å². The van der Waals surface area contributed by atoms with Gasteiger partial charge in [-0.2, -0.15) is 0 Å². The zero-order valence-corrected chi connectivity index (χ0v) is 11.9. The van der Waals surface area contributed by atoms with Crippen molar-refractivity contribution in [1.29, 1.82) is 0 Å². The van der Waals surface area contributed by atoms with Crippen LogP contribution in [0.5, 0.6) is 0 Å². The largest absolute Gasteiger partial charge is 0.378 e. The first-order valence-corrected chi connectivity index (χ1v) is 8.05. The number of ether oxygens (including phenoxy) is 1. The Labute approximate surface area is 115 Å². The lowest BCUT2D eigenvalue weighted by molar-refractivity contribution is -0.138. The predicted octanol–water partition coefficient (Wildman–Crippen LogP) is 0.230. The van der Waals surface area contributed by atoms with Gasteiger partial charge in [0.05, 0.1) is 19.5 Å². The minimum atomic E-state index is -3.87. The van der Waals surface area contributed by atoms with Crippen LogP contribution in [0.3, 0.4) is 0 Å². The predicted molar refractivity (Wildman–Crippen MR) is 67.4 cm³/mol. The van der Waals surface area contributed by atoms with Crippen molar-refractivity contribution in [2.24, 2.45) is 0 Å². The third-order valence-corrected chi connectivity index (χ3v) is 4.14. The van der Waals surface area contributed by atoms with Gasteiger partial charge in [0.25, 0.3) is 9.05 Å². The third kappa shape index (κ3) is 3.26. The number of rotatable bonds is 3. The number of aromatic nitrogens is 2. The van der Waals surface area contributed by atoms with Crippen LogP contribution in [-0.2, 0) is 18.6 Å². The third-order valence-electron chi connectivity index (χ3n) is 2.95. The topological polar surface area (TPSA) is 81.5 Å². The first-order chi connectivity index (χ1) is 8.89. The molecule has 0 spiro atoms. The van der Waals surface area contributed by atoms with Gasteiger partial charge in [0.15, 0.2) is 5.03 Å². The van der Waals surface area contributed by atoms with Crippen molar-refractivity contribution in [2.45, 2.75) is 18.0 Å². The number of carbonyl (C=O) groups excluding carboxylic acids is 1. The molecule has 106 valence electrons. The zero-order valence-electron chi connectivity index (χ0n) is 10.3. The molecule has 1 fully saturated rings. The van der Waals surface area contributed by atoms with E-state index in [1.54, 1.807) is 11.8 Å². The lowest BCUT2D eigenvalue weighted by atomic mass is 10.2. The Balaban J connectivity index is 2.12. The standard InChI is InChI=1S/C10H14ClN3O4S/c1-8(10(15)13-2-4-18-5-3-13)14-6-9(12-7-14)19(11,16)17/h6-8H,2-5H2,1H3. The van der Waals surface area contributed by atoms with Gasteiger partial charge >= 0.3 is 0 Å². The highest BCUT2D eigenvalue weighted by Gasteiger charge is 2.25. The molecule has 1 atom stereocenters. The molecule has 0 aliphatic carbocycles. The molecule has 0 bridgehead atoms. The zero-order chi connectivity index (χ0) is 14.0. The minimum absolute atomic E-state index is 0.0979. The van der Waals surface area contributed by atoms with E-state index in [0.717, 1.165) is 0 Å². The van der Waals surface area contributed by atoms with Crippen LogP contribution in [0.25, 0.3) is 0 Å². The number of hydrogen-bond acceptors (Lipinski definition) is 5. The van der Waals surface area contributed by atoms with Crippen LogP contribution < -0.4 is 0 Å². The fraction of sp³-hybridized carbons (Fsp3) is 0.600. The maximum atomic E-state index is 12.2. The van der Waals surface area contributed by atoms with Crippen LogP contribution >= 0.6 is 10.7 Å². The Morgan fingerprint density at radius 3 is 2.63 bits per heavy atom. The van der Waals surface area contributed by atoms with Crippen LogP contribution in [0.2, 0.25) is 0 Å². The Morgan fingerprint density at radius 2 is 2.11 bits per heavy atom. The number of imidazole rings is 1. The molecule has 2 rings (SSSR count). The van der Waals surface area contributed by atoms with Gasteiger partial charge in [-0.15, -0.1) is 0 Å². The molecule has 0 aromatic carbocycles. The van der Waals surface area contributed by atoms with E-state index in [1.807, 2.05) is 0 Å². The minimum Gasteiger partial charge on any atom is -0.378 e. The number of halogens is 1. The second-order valence-corrected chi connectivity index (χ2v) is 6.72. The normalized spacial score (nSPS) is 18.3. The van der Waals surface area contributed by atoms with E-state index in [0.29, 0.717) is 26.3 Å². The molecule has 2 heterocycles. The van der Waals surface area contributed by atoms with Gasteiger partial charge in [-0.1, -0.05) is 0 Å². The molecule has 1 unspecified atom stereocenters. The average molecular weight is 308 g/mol. The van der Waals surface area contributed by atoms with Gasteiger partial charge < -0.3 is 14.2 Å². The van der Waals surface area contributed by atoms with E-state index >= 15 is 0 Å². The second kappa shape index (κ2) is 5.48. The van der Waals surface area contributed by atoms with Crippen LogP contribution in [0, 0.1) is 0 Å². The molecular formula is C10H14ClN3O4S. The highest BCUT2D eigenvalue weighted by Crippen LogP contribution is 2.16. The Morgan fingerprint density at radius 1 is 1.47 bits per heavy atom. The van der Waals surface area contributed by atoms with Crippen molar-refractivity contribution in [3.8, 4) is 0 Å². The van der Waals surface area contributed by atoms with E-state index in [4.69, 9.17) is 15.4 Å². The fourth-order valence-corrected chi connectivity index (χ4v) is 2.49. The molecule has 1 aromatic heterocycles. The molecular weight excluding hydrogens is 294 g/mol. The Bertz CT molecular complexity index is 565. The molecule has 1 aromatic rings. The summed E-state index contributed by atoms with van der Waals surface area (Å²) in [5, 5.41) is -0.254. The van der Waals surface area contributed by atoms with Crippen molar-refractivity contribution in [2.75, 3.05) is 26.3 Å². The summed E-state index contributed by atoms with van der Waals surface area (Å²) in [7, 11) is 1.32. The quantitative estimate of drug-likeness (QED) is 0.747. The molecule has 1 aliphatic heterocycles. The second-order valence-electron chi connectivity index (χ2n) is 4.21. The molecule has 19 heavy (non-hydrogen) atoms. The van der Waals surface area contributed by atoms with Crippen molar-refractivity contribution in [3.63, 3.8) is 0 Å². The molecule has 0 radical (unpaired) electrons. The monoisotopic (exact) mass is 307 g/mol. The lowest BCUT2D eigenvalue weighted by Gasteiger charge is -2.29. The van der Waals surface area contributed by atoms with Crippen molar-refractivity contribution in [1.82, 2.24) is 14.5 Å². The van der Waals surface area contributed by atoms with Crippen molar-refractivity contribution >= 4 is 25.6 Å². The molecule has 1 amide bonds. The summed E-state index contributed by atoms with van der Waals surface area (Å²) in [5.74, 6) is -0.0979. The van der Waals surface area contributed by atoms with Gasteiger partial charge in [-0.25, -0.2) is 13.4 Å². The molecule has 1 saturated heterocycles. The highest BCUT2D eigenvalue weighted by atomic mass is 35.7. The molecule has 7 nitrogen and oxygen atoms in total. The number of carbonyl (C=O) groups is 1. The SMILES string of the molecule is CC(C(=O)N1CCOCC1)n1cnc(S(=O)(=O)Cl)c1. The van der Waals surface area contributed by atoms with Crippen LogP contribution in [-0.4, -0.2) is 55.1 Å². The van der Waals surface area contributed by atoms with Crippen molar-refractivity contribution in [3.05, 3.63) is 12.5 Å². The van der Waals surface area contributed by atoms with E-state index in [-0.39, 0.29) is 10.9 Å². The maximum Gasteiger partial charge on any atom is 0.280 e. The Hall–Kier alpha value is -1.12. The average Bonchev–Trinajstić information content (AvgIpc) is 2.87. The number of morpholine rings is 1. The first-order valence-electron chi connectivity index (χ1n) is 5.74. The van der Waals surface area contributed by atoms with E-state index in [2.05, 4.69) is 4.98 Å². The molecule has 0 N–H and O–H groups in total. The van der Waals surface area contributed by atoms with Gasteiger partial charge in [-0.3, -0.25) is 4.79 Å². The number of hydrogen-bond donors (Lipinski definition) is 0. The van der Waals surface area contributed by atoms with Gasteiger partial charge in [-0.05, 0) is 6.92 Å². The summed E-state index contributed by atoms with van der Waals surface area (Å²) in [6.45, 7) is 3.80. The maximum absolute atomic E-state index is 12.2. The van der Waals surface area contributed by atoms with Gasteiger partial charge in [0, 0.05) is 30.0 Å². The summed E-state index contributed by atoms with van der Waals surface area (Å²) in [4.78, 5) is 17.6. The van der Waals surface area contributed by atoms with Crippen molar-refractivity contribution < 1.29 is 17.9 Å². The van der Waals surface area contributed by atoms with Gasteiger partial charge in [0.1, 0.15) is 6.04 Å². The first kappa shape index (κ1) is 14.3. The molecule has 9 heteroatoms. The smallest absolute Gasteiger partial charge is 0.280 e. The lowest BCUT2D eigenvalue weighted by Crippen LogP contribution is -2.43. The number of amides is 1. The molecule has 0 saturated carbocycles. The summed E-state index contributed by atoms with van der Waals surface area (Å²) in [5.41, 5.74) is 0. The van der Waals surface area contributed by atoms with Crippen LogP contribution in [0.1, 0.15) is 13.0 Å². The summed E-state index contributed by atoms with van der Waals surface area (Å²) < 4.78 is 28.8. The summed E-state index contributed by atoms with van der Waals surface area (Å²) >= 11 is 0. The fourth-order valence-electron chi connectivity index (χ4n) is 1.83. The van der Waals surface area contributed by atoms with Crippen LogP contribution in [0.15, 0.2) is 17.6 Å². The summed E-state index contributed by atoms with van der Waals surface area (Å²) in [6, 6.07) is -0.530. The Kier molecular flexibility index (Phi) is 4.12. The van der Waals surface area contributed by atoms with E-state index in [1.165, 1.54) is 17.1 Å². The number of nitrogens with zero attached hydrogens (tertiary/aromatic N) is 3. The van der Waals surface area contributed by atoms with Crippen LogP contribution in [0.4, 0.5) is 0 Å².